The van der Waals surface area contributed by atoms with Crippen molar-refractivity contribution in [1.29, 1.82) is 0 Å². The van der Waals surface area contributed by atoms with E-state index < -0.39 is 0 Å². The van der Waals surface area contributed by atoms with E-state index in [0.29, 0.717) is 23.5 Å². The predicted molar refractivity (Wildman–Crippen MR) is 84.6 cm³/mol. The Bertz CT molecular complexity index is 603. The molecular formula is C17H17BrO2. The van der Waals surface area contributed by atoms with Crippen molar-refractivity contribution >= 4 is 21.7 Å². The smallest absolute Gasteiger partial charge is 0.196 e. The van der Waals surface area contributed by atoms with E-state index in [1.54, 1.807) is 6.07 Å². The second-order valence-corrected chi connectivity index (χ2v) is 5.37. The average molecular weight is 333 g/mol. The molecule has 0 aromatic heterocycles. The molecule has 0 aliphatic carbocycles. The zero-order valence-electron chi connectivity index (χ0n) is 11.7. The van der Waals surface area contributed by atoms with E-state index in [0.717, 1.165) is 10.9 Å². The van der Waals surface area contributed by atoms with Gasteiger partial charge in [0.2, 0.25) is 0 Å². The molecule has 0 heterocycles. The van der Waals surface area contributed by atoms with Gasteiger partial charge in [0.05, 0.1) is 12.2 Å². The summed E-state index contributed by atoms with van der Waals surface area (Å²) in [4.78, 5) is 12.6. The molecule has 0 bridgehead atoms. The van der Waals surface area contributed by atoms with Crippen LogP contribution in [0.4, 0.5) is 0 Å². The molecule has 0 aliphatic rings. The van der Waals surface area contributed by atoms with Crippen molar-refractivity contribution in [3.05, 3.63) is 63.6 Å². The highest BCUT2D eigenvalue weighted by molar-refractivity contribution is 9.10. The van der Waals surface area contributed by atoms with Crippen LogP contribution in [0.25, 0.3) is 0 Å². The Morgan fingerprint density at radius 3 is 2.40 bits per heavy atom. The molecule has 0 saturated heterocycles. The molecule has 0 fully saturated rings. The van der Waals surface area contributed by atoms with Gasteiger partial charge in [0.1, 0.15) is 5.75 Å². The molecule has 0 amide bonds. The van der Waals surface area contributed by atoms with Crippen LogP contribution in [0, 0.1) is 0 Å². The van der Waals surface area contributed by atoms with Crippen LogP contribution in [0.5, 0.6) is 5.75 Å². The van der Waals surface area contributed by atoms with Crippen LogP contribution in [-0.4, -0.2) is 12.4 Å². The second kappa shape index (κ2) is 6.71. The molecule has 2 rings (SSSR count). The first-order chi connectivity index (χ1) is 9.65. The summed E-state index contributed by atoms with van der Waals surface area (Å²) in [7, 11) is 0. The van der Waals surface area contributed by atoms with Crippen LogP contribution in [-0.2, 0) is 6.42 Å². The van der Waals surface area contributed by atoms with E-state index in [9.17, 15) is 4.79 Å². The van der Waals surface area contributed by atoms with E-state index in [1.165, 1.54) is 5.56 Å². The number of carbonyl (C=O) groups excluding carboxylic acids is 1. The third kappa shape index (κ3) is 3.28. The van der Waals surface area contributed by atoms with Crippen LogP contribution in [0.3, 0.4) is 0 Å². The van der Waals surface area contributed by atoms with Gasteiger partial charge in [-0.2, -0.15) is 0 Å². The van der Waals surface area contributed by atoms with Crippen molar-refractivity contribution in [2.24, 2.45) is 0 Å². The standard InChI is InChI=1S/C17H17BrO2/c1-3-12-5-7-13(8-6-12)17(19)15-11-14(18)9-10-16(15)20-4-2/h5-11H,3-4H2,1-2H3. The van der Waals surface area contributed by atoms with Crippen LogP contribution < -0.4 is 4.74 Å². The van der Waals surface area contributed by atoms with E-state index in [2.05, 4.69) is 22.9 Å². The minimum Gasteiger partial charge on any atom is -0.493 e. The molecule has 0 unspecified atom stereocenters. The molecule has 0 atom stereocenters. The lowest BCUT2D eigenvalue weighted by Gasteiger charge is -2.10. The number of ether oxygens (including phenoxy) is 1. The van der Waals surface area contributed by atoms with Crippen LogP contribution in [0.1, 0.15) is 35.3 Å². The maximum atomic E-state index is 12.6. The summed E-state index contributed by atoms with van der Waals surface area (Å²) in [5.74, 6) is 0.609. The van der Waals surface area contributed by atoms with Crippen LogP contribution in [0.2, 0.25) is 0 Å². The van der Waals surface area contributed by atoms with Crippen molar-refractivity contribution in [2.45, 2.75) is 20.3 Å². The first-order valence-electron chi connectivity index (χ1n) is 6.71. The quantitative estimate of drug-likeness (QED) is 0.745. The lowest BCUT2D eigenvalue weighted by molar-refractivity contribution is 0.103. The van der Waals surface area contributed by atoms with Crippen molar-refractivity contribution in [3.8, 4) is 5.75 Å². The lowest BCUT2D eigenvalue weighted by Crippen LogP contribution is -2.05. The average Bonchev–Trinajstić information content (AvgIpc) is 2.48. The molecule has 0 aliphatic heterocycles. The molecule has 0 radical (unpaired) electrons. The topological polar surface area (TPSA) is 26.3 Å². The number of aryl methyl sites for hydroxylation is 1. The first-order valence-corrected chi connectivity index (χ1v) is 7.51. The minimum absolute atomic E-state index is 0.0163. The normalized spacial score (nSPS) is 10.3. The van der Waals surface area contributed by atoms with Crippen molar-refractivity contribution < 1.29 is 9.53 Å². The fourth-order valence-electron chi connectivity index (χ4n) is 2.01. The van der Waals surface area contributed by atoms with Crippen LogP contribution >= 0.6 is 15.9 Å². The second-order valence-electron chi connectivity index (χ2n) is 4.45. The van der Waals surface area contributed by atoms with Crippen molar-refractivity contribution in [1.82, 2.24) is 0 Å². The SMILES string of the molecule is CCOc1ccc(Br)cc1C(=O)c1ccc(CC)cc1. The maximum Gasteiger partial charge on any atom is 0.196 e. The highest BCUT2D eigenvalue weighted by Crippen LogP contribution is 2.26. The predicted octanol–water partition coefficient (Wildman–Crippen LogP) is 4.64. The summed E-state index contributed by atoms with van der Waals surface area (Å²) in [5.41, 5.74) is 2.49. The van der Waals surface area contributed by atoms with E-state index >= 15 is 0 Å². The van der Waals surface area contributed by atoms with Crippen LogP contribution in [0.15, 0.2) is 46.9 Å². The molecule has 2 aromatic carbocycles. The third-order valence-corrected chi connectivity index (χ3v) is 3.60. The number of benzene rings is 2. The lowest BCUT2D eigenvalue weighted by atomic mass is 10.0. The fraction of sp³-hybridized carbons (Fsp3) is 0.235. The molecule has 3 heteroatoms. The van der Waals surface area contributed by atoms with Gasteiger partial charge in [-0.15, -0.1) is 0 Å². The zero-order valence-corrected chi connectivity index (χ0v) is 13.2. The molecule has 104 valence electrons. The van der Waals surface area contributed by atoms with Crippen molar-refractivity contribution in [2.75, 3.05) is 6.61 Å². The molecule has 0 N–H and O–H groups in total. The number of halogens is 1. The Hall–Kier alpha value is -1.61. The Morgan fingerprint density at radius 1 is 1.10 bits per heavy atom. The van der Waals surface area contributed by atoms with E-state index in [4.69, 9.17) is 4.74 Å². The van der Waals surface area contributed by atoms with Gasteiger partial charge < -0.3 is 4.74 Å². The minimum atomic E-state index is -0.0163. The molecule has 2 nitrogen and oxygen atoms in total. The molecule has 0 saturated carbocycles. The summed E-state index contributed by atoms with van der Waals surface area (Å²) in [6.07, 6.45) is 0.968. The molecule has 0 spiro atoms. The maximum absolute atomic E-state index is 12.6. The highest BCUT2D eigenvalue weighted by Gasteiger charge is 2.15. The summed E-state index contributed by atoms with van der Waals surface area (Å²) < 4.78 is 6.41. The molecule has 2 aromatic rings. The van der Waals surface area contributed by atoms with Gasteiger partial charge in [-0.1, -0.05) is 47.1 Å². The number of hydrogen-bond donors (Lipinski definition) is 0. The largest absolute Gasteiger partial charge is 0.493 e. The summed E-state index contributed by atoms with van der Waals surface area (Å²) >= 11 is 3.40. The third-order valence-electron chi connectivity index (χ3n) is 3.11. The van der Waals surface area contributed by atoms with Gasteiger partial charge in [0, 0.05) is 10.0 Å². The summed E-state index contributed by atoms with van der Waals surface area (Å²) in [6, 6.07) is 13.2. The Kier molecular flexibility index (Phi) is 4.96. The van der Waals surface area contributed by atoms with Gasteiger partial charge in [-0.3, -0.25) is 4.79 Å². The number of hydrogen-bond acceptors (Lipinski definition) is 2. The fourth-order valence-corrected chi connectivity index (χ4v) is 2.37. The number of rotatable bonds is 5. The number of ketones is 1. The zero-order chi connectivity index (χ0) is 14.5. The van der Waals surface area contributed by atoms with E-state index in [1.807, 2.05) is 43.3 Å². The Morgan fingerprint density at radius 2 is 1.80 bits per heavy atom. The van der Waals surface area contributed by atoms with Gasteiger partial charge in [0.25, 0.3) is 0 Å². The Balaban J connectivity index is 2.38. The monoisotopic (exact) mass is 332 g/mol. The van der Waals surface area contributed by atoms with Gasteiger partial charge in [-0.05, 0) is 37.1 Å². The first kappa shape index (κ1) is 14.8. The summed E-state index contributed by atoms with van der Waals surface area (Å²) in [6.45, 7) is 4.54. The molecule has 20 heavy (non-hydrogen) atoms. The van der Waals surface area contributed by atoms with Gasteiger partial charge >= 0.3 is 0 Å². The van der Waals surface area contributed by atoms with Gasteiger partial charge in [0.15, 0.2) is 5.78 Å². The Labute approximate surface area is 127 Å². The van der Waals surface area contributed by atoms with E-state index in [-0.39, 0.29) is 5.78 Å². The number of carbonyl (C=O) groups is 1. The highest BCUT2D eigenvalue weighted by atomic mass is 79.9. The summed E-state index contributed by atoms with van der Waals surface area (Å²) in [5, 5.41) is 0. The van der Waals surface area contributed by atoms with Gasteiger partial charge in [-0.25, -0.2) is 0 Å². The molecular weight excluding hydrogens is 316 g/mol. The van der Waals surface area contributed by atoms with Crippen molar-refractivity contribution in [3.63, 3.8) is 0 Å².